The van der Waals surface area contributed by atoms with Crippen molar-refractivity contribution in [1.82, 2.24) is 26.6 Å². The number of alkyl carbamates (subject to hydrolysis) is 1. The van der Waals surface area contributed by atoms with Gasteiger partial charge in [0.1, 0.15) is 35.3 Å². The van der Waals surface area contributed by atoms with Gasteiger partial charge in [0.25, 0.3) is 0 Å². The highest BCUT2D eigenvalue weighted by Crippen LogP contribution is 2.42. The first kappa shape index (κ1) is 63.4. The first-order valence-corrected chi connectivity index (χ1v) is 30.4. The highest BCUT2D eigenvalue weighted by molar-refractivity contribution is 7.08. The maximum atomic E-state index is 14.1. The predicted octanol–water partition coefficient (Wildman–Crippen LogP) is 7.00. The van der Waals surface area contributed by atoms with Gasteiger partial charge in [0.05, 0.1) is 41.4 Å². The molecule has 2 saturated heterocycles. The monoisotopic (exact) mass is 1180 g/mol. The highest BCUT2D eigenvalue weighted by Gasteiger charge is 2.42. The van der Waals surface area contributed by atoms with E-state index in [1.807, 2.05) is 97.7 Å². The molecular formula is C61H82N10O10S2. The van der Waals surface area contributed by atoms with Crippen molar-refractivity contribution < 1.29 is 47.9 Å². The molecule has 2 fully saturated rings. The van der Waals surface area contributed by atoms with E-state index in [2.05, 4.69) is 26.6 Å². The lowest BCUT2D eigenvalue weighted by Crippen LogP contribution is -2.61. The number of hydrogen-bond donors (Lipinski definition) is 6. The molecule has 9 amide bonds. The van der Waals surface area contributed by atoms with Crippen LogP contribution in [0.5, 0.6) is 0 Å². The van der Waals surface area contributed by atoms with Gasteiger partial charge in [0.2, 0.25) is 47.3 Å². The number of carbonyl (C=O) groups is 9. The van der Waals surface area contributed by atoms with Gasteiger partial charge in [0.15, 0.2) is 0 Å². The molecule has 2 aromatic carbocycles. The van der Waals surface area contributed by atoms with Crippen LogP contribution in [0.2, 0.25) is 0 Å². The molecule has 2 aromatic heterocycles. The number of fused-ring (bicyclic) bond motifs is 2. The molecule has 0 bridgehead atoms. The summed E-state index contributed by atoms with van der Waals surface area (Å²) >= 11 is 3.08. The van der Waals surface area contributed by atoms with Gasteiger partial charge >= 0.3 is 6.09 Å². The number of benzene rings is 2. The van der Waals surface area contributed by atoms with Crippen LogP contribution in [0.1, 0.15) is 137 Å². The van der Waals surface area contributed by atoms with Crippen LogP contribution in [-0.2, 0) is 69.0 Å². The zero-order chi connectivity index (χ0) is 60.7. The number of nitrogens with zero attached hydrogens (tertiary/aromatic N) is 4. The molecule has 6 heterocycles. The van der Waals surface area contributed by atoms with Gasteiger partial charge < -0.3 is 56.7 Å². The van der Waals surface area contributed by atoms with Gasteiger partial charge in [-0.3, -0.25) is 38.4 Å². The Hall–Kier alpha value is -7.17. The summed E-state index contributed by atoms with van der Waals surface area (Å²) in [6.07, 6.45) is 3.00. The lowest BCUT2D eigenvalue weighted by atomic mass is 9.94. The summed E-state index contributed by atoms with van der Waals surface area (Å²) in [4.78, 5) is 126. The fourth-order valence-corrected chi connectivity index (χ4v) is 11.8. The molecule has 0 aliphatic carbocycles. The van der Waals surface area contributed by atoms with Crippen LogP contribution in [0.3, 0.4) is 0 Å². The minimum Gasteiger partial charge on any atom is -0.444 e. The van der Waals surface area contributed by atoms with Crippen LogP contribution in [0.4, 0.5) is 27.5 Å². The lowest BCUT2D eigenvalue weighted by molar-refractivity contribution is -0.133. The Morgan fingerprint density at radius 2 is 1.05 bits per heavy atom. The number of para-hydroxylation sites is 2. The van der Waals surface area contributed by atoms with Crippen LogP contribution >= 0.6 is 22.7 Å². The second-order valence-electron chi connectivity index (χ2n) is 24.8. The molecule has 4 atom stereocenters. The fourth-order valence-electron chi connectivity index (χ4n) is 10.5. The number of thiophene rings is 2. The summed E-state index contributed by atoms with van der Waals surface area (Å²) in [5.74, 6) is -2.19. The Morgan fingerprint density at radius 3 is 1.40 bits per heavy atom. The van der Waals surface area contributed by atoms with E-state index in [0.717, 1.165) is 46.5 Å². The van der Waals surface area contributed by atoms with E-state index in [-0.39, 0.29) is 48.4 Å². The van der Waals surface area contributed by atoms with E-state index in [0.29, 0.717) is 63.1 Å². The quantitative estimate of drug-likeness (QED) is 0.0557. The number of carbonyl (C=O) groups excluding carboxylic acids is 9. The van der Waals surface area contributed by atoms with Crippen molar-refractivity contribution in [2.45, 2.75) is 181 Å². The minimum absolute atomic E-state index is 0.0260. The molecule has 0 radical (unpaired) electrons. The molecule has 4 aliphatic rings. The number of ether oxygens (including phenoxy) is 1. The molecule has 22 heteroatoms. The lowest BCUT2D eigenvalue weighted by Gasteiger charge is -2.38. The minimum atomic E-state index is -1.38. The summed E-state index contributed by atoms with van der Waals surface area (Å²) in [6.45, 7) is 21.0. The van der Waals surface area contributed by atoms with Gasteiger partial charge in [-0.15, -0.1) is 0 Å². The van der Waals surface area contributed by atoms with Gasteiger partial charge in [-0.2, -0.15) is 22.7 Å². The van der Waals surface area contributed by atoms with E-state index < -0.39 is 70.6 Å². The first-order chi connectivity index (χ1) is 39.0. The maximum Gasteiger partial charge on any atom is 0.408 e. The van der Waals surface area contributed by atoms with Crippen LogP contribution in [0.25, 0.3) is 0 Å². The Balaban J connectivity index is 0.000000242. The highest BCUT2D eigenvalue weighted by atomic mass is 32.1. The van der Waals surface area contributed by atoms with E-state index in [1.54, 1.807) is 65.6 Å². The SMILES string of the molecule is CC(C)C[C@@H](NC(=O)C(C)(C)N)C(=O)NC1Cc2cccc(N3CCCC3=O)c2N(Cc2ccsc2)C1=O.CC(C)C[C@@H](NC(=O)C(C)(C)NC(=O)OC(C)(C)C)C(=O)NC1Cc2cccc(N3CCCC3=O)c2N(Cc2ccsc2)C1=O. The van der Waals surface area contributed by atoms with Crippen molar-refractivity contribution in [3.8, 4) is 0 Å². The molecule has 448 valence electrons. The van der Waals surface area contributed by atoms with Gasteiger partial charge in [0, 0.05) is 38.8 Å². The number of nitrogens with two attached hydrogens (primary N) is 1. The van der Waals surface area contributed by atoms with Crippen LogP contribution in [0, 0.1) is 11.8 Å². The van der Waals surface area contributed by atoms with Gasteiger partial charge in [-0.1, -0.05) is 52.0 Å². The van der Waals surface area contributed by atoms with E-state index >= 15 is 0 Å². The number of anilines is 4. The third-order valence-electron chi connectivity index (χ3n) is 14.5. The zero-order valence-corrected chi connectivity index (χ0v) is 51.3. The number of hydrogen-bond acceptors (Lipinski definition) is 13. The molecule has 83 heavy (non-hydrogen) atoms. The average Bonchev–Trinajstić information content (AvgIpc) is 4.45. The van der Waals surface area contributed by atoms with E-state index in [4.69, 9.17) is 10.5 Å². The molecule has 7 N–H and O–H groups in total. The van der Waals surface area contributed by atoms with E-state index in [9.17, 15) is 43.2 Å². The molecule has 4 aromatic rings. The number of rotatable bonds is 19. The normalized spacial score (nSPS) is 18.0. The van der Waals surface area contributed by atoms with Crippen molar-refractivity contribution in [2.24, 2.45) is 17.6 Å². The number of amides is 9. The molecular weight excluding hydrogens is 1100 g/mol. The summed E-state index contributed by atoms with van der Waals surface area (Å²) < 4.78 is 5.30. The van der Waals surface area contributed by atoms with Gasteiger partial charge in [-0.05, 0) is 154 Å². The topological polar surface area (TPSA) is 262 Å². The average molecular weight is 1180 g/mol. The van der Waals surface area contributed by atoms with Gasteiger partial charge in [-0.25, -0.2) is 4.79 Å². The predicted molar refractivity (Wildman–Crippen MR) is 323 cm³/mol. The fraction of sp³-hybridized carbons (Fsp3) is 0.525. The van der Waals surface area contributed by atoms with Crippen molar-refractivity contribution in [3.63, 3.8) is 0 Å². The third kappa shape index (κ3) is 16.1. The van der Waals surface area contributed by atoms with Crippen LogP contribution in [0.15, 0.2) is 70.1 Å². The smallest absolute Gasteiger partial charge is 0.408 e. The summed E-state index contributed by atoms with van der Waals surface area (Å²) in [5.41, 5.74) is 9.17. The Bertz CT molecular complexity index is 3040. The van der Waals surface area contributed by atoms with E-state index in [1.165, 1.54) is 25.2 Å². The van der Waals surface area contributed by atoms with Crippen LogP contribution in [-0.4, -0.2) is 107 Å². The third-order valence-corrected chi connectivity index (χ3v) is 16.0. The molecule has 0 saturated carbocycles. The molecule has 20 nitrogen and oxygen atoms in total. The standard InChI is InChI=1S/C33H45N5O6S.C28H37N5O4S/c1-20(2)16-23(35-30(42)33(6,7)36-31(43)44-32(3,4)5)28(40)34-24-17-22-10-8-11-25(37-14-9-12-26(37)39)27(22)38(29(24)41)18-21-13-15-45-19-21;1-17(2)13-20(31-27(37)28(3,4)29)25(35)30-21-14-19-7-5-8-22(32-11-6-9-23(32)34)24(19)33(26(21)36)15-18-10-12-38-16-18/h8,10-11,13,15,19-20,23-24H,9,12,14,16-18H2,1-7H3,(H,34,40)(H,35,42)(H,36,43);5,7-8,10,12,16-17,20-21H,6,9,11,13-15,29H2,1-4H3,(H,30,35)(H,31,37)/t23-,24?;20-,21?/m11/s1. The summed E-state index contributed by atoms with van der Waals surface area (Å²) in [5, 5.41) is 21.8. The maximum absolute atomic E-state index is 14.1. The van der Waals surface area contributed by atoms with Crippen molar-refractivity contribution >= 4 is 98.8 Å². The van der Waals surface area contributed by atoms with Crippen molar-refractivity contribution in [2.75, 3.05) is 32.7 Å². The first-order valence-electron chi connectivity index (χ1n) is 28.5. The Labute approximate surface area is 495 Å². The second kappa shape index (κ2) is 26.6. The van der Waals surface area contributed by atoms with Crippen molar-refractivity contribution in [3.05, 3.63) is 92.3 Å². The summed E-state index contributed by atoms with van der Waals surface area (Å²) in [6, 6.07) is 11.8. The number of nitrogens with one attached hydrogen (secondary N) is 5. The Kier molecular flexibility index (Phi) is 20.3. The summed E-state index contributed by atoms with van der Waals surface area (Å²) in [7, 11) is 0. The Morgan fingerprint density at radius 1 is 0.627 bits per heavy atom. The molecule has 2 unspecified atom stereocenters. The molecule has 4 aliphatic heterocycles. The second-order valence-corrected chi connectivity index (χ2v) is 26.4. The largest absolute Gasteiger partial charge is 0.444 e. The zero-order valence-electron chi connectivity index (χ0n) is 49.6. The molecule has 0 spiro atoms. The van der Waals surface area contributed by atoms with Crippen LogP contribution < -0.4 is 51.9 Å². The molecule has 8 rings (SSSR count). The van der Waals surface area contributed by atoms with Crippen molar-refractivity contribution in [1.29, 1.82) is 0 Å².